The first-order valence-corrected chi connectivity index (χ1v) is 4.14. The van der Waals surface area contributed by atoms with Gasteiger partial charge in [0.1, 0.15) is 0 Å². The Balaban J connectivity index is 2.66. The molecule has 58 valence electrons. The quantitative estimate of drug-likeness (QED) is 0.488. The van der Waals surface area contributed by atoms with E-state index in [2.05, 4.69) is 40.7 Å². The smallest absolute Gasteiger partial charge is 0.0121 e. The highest BCUT2D eigenvalue weighted by Gasteiger charge is 2.54. The van der Waals surface area contributed by atoms with Crippen molar-refractivity contribution in [3.63, 3.8) is 0 Å². The van der Waals surface area contributed by atoms with Crippen LogP contribution in [0.5, 0.6) is 0 Å². The van der Waals surface area contributed by atoms with Crippen LogP contribution in [0.15, 0.2) is 11.6 Å². The van der Waals surface area contributed by atoms with Crippen LogP contribution < -0.4 is 0 Å². The summed E-state index contributed by atoms with van der Waals surface area (Å²) in [7, 11) is 0. The minimum Gasteiger partial charge on any atom is -0.0884 e. The topological polar surface area (TPSA) is 0 Å². The molecule has 0 heterocycles. The summed E-state index contributed by atoms with van der Waals surface area (Å²) in [6.45, 7) is 11.4. The lowest BCUT2D eigenvalue weighted by Gasteiger charge is -2.00. The maximum Gasteiger partial charge on any atom is -0.0121 e. The fourth-order valence-electron chi connectivity index (χ4n) is 2.06. The molecule has 0 N–H and O–H groups in total. The molecule has 0 saturated heterocycles. The standard InChI is InChI=1S/C10H18/c1-6-7(2)9-8(3)10(9,4)5/h6,8-9H,1-5H3. The van der Waals surface area contributed by atoms with Crippen molar-refractivity contribution in [1.82, 2.24) is 0 Å². The molecule has 2 unspecified atom stereocenters. The molecule has 0 spiro atoms. The van der Waals surface area contributed by atoms with Gasteiger partial charge in [0.15, 0.2) is 0 Å². The molecule has 0 aliphatic heterocycles. The zero-order valence-electron chi connectivity index (χ0n) is 7.73. The Morgan fingerprint density at radius 3 is 1.90 bits per heavy atom. The highest BCUT2D eigenvalue weighted by molar-refractivity contribution is 5.20. The van der Waals surface area contributed by atoms with Crippen LogP contribution in [0.2, 0.25) is 0 Å². The second kappa shape index (κ2) is 2.11. The van der Waals surface area contributed by atoms with Crippen LogP contribution in [-0.4, -0.2) is 0 Å². The van der Waals surface area contributed by atoms with Crippen LogP contribution >= 0.6 is 0 Å². The molecule has 1 aliphatic carbocycles. The van der Waals surface area contributed by atoms with Gasteiger partial charge in [0, 0.05) is 0 Å². The van der Waals surface area contributed by atoms with Gasteiger partial charge in [-0.15, -0.1) is 0 Å². The van der Waals surface area contributed by atoms with E-state index >= 15 is 0 Å². The van der Waals surface area contributed by atoms with Gasteiger partial charge in [-0.3, -0.25) is 0 Å². The third-order valence-corrected chi connectivity index (χ3v) is 3.31. The van der Waals surface area contributed by atoms with Crippen LogP contribution in [0.25, 0.3) is 0 Å². The summed E-state index contributed by atoms with van der Waals surface area (Å²) in [4.78, 5) is 0. The minimum atomic E-state index is 0.580. The highest BCUT2D eigenvalue weighted by atomic mass is 14.6. The van der Waals surface area contributed by atoms with Gasteiger partial charge in [0.25, 0.3) is 0 Å². The normalized spacial score (nSPS) is 37.9. The maximum absolute atomic E-state index is 2.36. The summed E-state index contributed by atoms with van der Waals surface area (Å²) < 4.78 is 0. The molecule has 0 heteroatoms. The van der Waals surface area contributed by atoms with Crippen molar-refractivity contribution in [2.45, 2.75) is 34.6 Å². The second-order valence-corrected chi connectivity index (χ2v) is 4.12. The third-order valence-electron chi connectivity index (χ3n) is 3.31. The first-order valence-electron chi connectivity index (χ1n) is 4.14. The molecule has 1 rings (SSSR count). The molecule has 1 saturated carbocycles. The largest absolute Gasteiger partial charge is 0.0884 e. The van der Waals surface area contributed by atoms with Crippen molar-refractivity contribution in [3.8, 4) is 0 Å². The first-order chi connectivity index (χ1) is 4.51. The van der Waals surface area contributed by atoms with Crippen molar-refractivity contribution in [2.75, 3.05) is 0 Å². The van der Waals surface area contributed by atoms with Crippen molar-refractivity contribution in [2.24, 2.45) is 17.3 Å². The summed E-state index contributed by atoms with van der Waals surface area (Å²) in [5, 5.41) is 0. The SMILES string of the molecule is CC=C(C)C1C(C)C1(C)C. The fraction of sp³-hybridized carbons (Fsp3) is 0.800. The van der Waals surface area contributed by atoms with Crippen molar-refractivity contribution in [3.05, 3.63) is 11.6 Å². The van der Waals surface area contributed by atoms with Gasteiger partial charge in [-0.05, 0) is 31.1 Å². The number of allylic oxidation sites excluding steroid dienone is 2. The number of hydrogen-bond donors (Lipinski definition) is 0. The van der Waals surface area contributed by atoms with Crippen LogP contribution in [0.3, 0.4) is 0 Å². The van der Waals surface area contributed by atoms with Gasteiger partial charge in [0.2, 0.25) is 0 Å². The molecule has 1 aliphatic rings. The number of rotatable bonds is 1. The molecule has 0 nitrogen and oxygen atoms in total. The van der Waals surface area contributed by atoms with Gasteiger partial charge < -0.3 is 0 Å². The lowest BCUT2D eigenvalue weighted by Crippen LogP contribution is -1.90. The third kappa shape index (κ3) is 0.902. The summed E-state index contributed by atoms with van der Waals surface area (Å²) in [5.41, 5.74) is 2.15. The monoisotopic (exact) mass is 138 g/mol. The van der Waals surface area contributed by atoms with Gasteiger partial charge in [-0.25, -0.2) is 0 Å². The zero-order valence-corrected chi connectivity index (χ0v) is 7.73. The van der Waals surface area contributed by atoms with Gasteiger partial charge >= 0.3 is 0 Å². The predicted molar refractivity (Wildman–Crippen MR) is 45.9 cm³/mol. The highest BCUT2D eigenvalue weighted by Crippen LogP contribution is 2.61. The predicted octanol–water partition coefficient (Wildman–Crippen LogP) is 3.24. The van der Waals surface area contributed by atoms with E-state index in [1.807, 2.05) is 0 Å². The van der Waals surface area contributed by atoms with Crippen LogP contribution in [0.1, 0.15) is 34.6 Å². The summed E-state index contributed by atoms with van der Waals surface area (Å²) >= 11 is 0. The molecule has 1 fully saturated rings. The van der Waals surface area contributed by atoms with Gasteiger partial charge in [-0.1, -0.05) is 32.4 Å². The first kappa shape index (κ1) is 7.84. The Kier molecular flexibility index (Phi) is 1.66. The van der Waals surface area contributed by atoms with Crippen molar-refractivity contribution >= 4 is 0 Å². The Morgan fingerprint density at radius 2 is 1.80 bits per heavy atom. The Morgan fingerprint density at radius 1 is 1.40 bits per heavy atom. The molecule has 0 amide bonds. The van der Waals surface area contributed by atoms with Crippen LogP contribution in [-0.2, 0) is 0 Å². The average molecular weight is 138 g/mol. The zero-order chi connectivity index (χ0) is 7.94. The summed E-state index contributed by atoms with van der Waals surface area (Å²) in [6, 6.07) is 0. The molecule has 0 radical (unpaired) electrons. The van der Waals surface area contributed by atoms with E-state index in [1.165, 1.54) is 0 Å². The molecule has 2 atom stereocenters. The molecular weight excluding hydrogens is 120 g/mol. The molecule has 0 aromatic rings. The Bertz CT molecular complexity index is 163. The van der Waals surface area contributed by atoms with Gasteiger partial charge in [-0.2, -0.15) is 0 Å². The second-order valence-electron chi connectivity index (χ2n) is 4.12. The summed E-state index contributed by atoms with van der Waals surface area (Å²) in [6.07, 6.45) is 2.25. The lowest BCUT2D eigenvalue weighted by molar-refractivity contribution is 0.564. The van der Waals surface area contributed by atoms with E-state index in [9.17, 15) is 0 Å². The molecule has 0 aromatic heterocycles. The van der Waals surface area contributed by atoms with E-state index in [1.54, 1.807) is 5.57 Å². The van der Waals surface area contributed by atoms with Crippen LogP contribution in [0.4, 0.5) is 0 Å². The lowest BCUT2D eigenvalue weighted by atomic mass is 10.0. The van der Waals surface area contributed by atoms with Crippen molar-refractivity contribution in [1.29, 1.82) is 0 Å². The summed E-state index contributed by atoms with van der Waals surface area (Å²) in [5.74, 6) is 1.75. The van der Waals surface area contributed by atoms with E-state index < -0.39 is 0 Å². The fourth-order valence-corrected chi connectivity index (χ4v) is 2.06. The number of hydrogen-bond acceptors (Lipinski definition) is 0. The Labute approximate surface area is 64.3 Å². The molecule has 0 bridgehead atoms. The van der Waals surface area contributed by atoms with Crippen molar-refractivity contribution < 1.29 is 0 Å². The van der Waals surface area contributed by atoms with E-state index in [0.29, 0.717) is 5.41 Å². The maximum atomic E-state index is 2.36. The average Bonchev–Trinajstić information content (AvgIpc) is 2.33. The molecular formula is C10H18. The van der Waals surface area contributed by atoms with Gasteiger partial charge in [0.05, 0.1) is 0 Å². The van der Waals surface area contributed by atoms with E-state index in [4.69, 9.17) is 0 Å². The Hall–Kier alpha value is -0.260. The van der Waals surface area contributed by atoms with Crippen LogP contribution in [0, 0.1) is 17.3 Å². The van der Waals surface area contributed by atoms with E-state index in [0.717, 1.165) is 11.8 Å². The van der Waals surface area contributed by atoms with E-state index in [-0.39, 0.29) is 0 Å². The molecule has 10 heavy (non-hydrogen) atoms. The minimum absolute atomic E-state index is 0.580. The molecule has 0 aromatic carbocycles.